The van der Waals surface area contributed by atoms with E-state index in [4.69, 9.17) is 9.47 Å². The van der Waals surface area contributed by atoms with Crippen LogP contribution in [0, 0.1) is 0 Å². The Balaban J connectivity index is 1.71. The molecule has 34 heavy (non-hydrogen) atoms. The summed E-state index contributed by atoms with van der Waals surface area (Å²) in [5, 5.41) is 23.2. The van der Waals surface area contributed by atoms with E-state index in [1.165, 1.54) is 0 Å². The average molecular weight is 509 g/mol. The fraction of sp³-hybridized carbons (Fsp3) is 0.273. The molecule has 0 aliphatic carbocycles. The van der Waals surface area contributed by atoms with Crippen molar-refractivity contribution in [1.82, 2.24) is 10.6 Å². The van der Waals surface area contributed by atoms with Crippen molar-refractivity contribution >= 4 is 45.7 Å². The number of carbonyl (C=O) groups excluding carboxylic acids is 2. The second-order valence-corrected chi connectivity index (χ2v) is 9.32. The molecule has 10 nitrogen and oxygen atoms in total. The number of ether oxygens (including phenoxy) is 2. The summed E-state index contributed by atoms with van der Waals surface area (Å²) in [5.41, 5.74) is 1.51. The highest BCUT2D eigenvalue weighted by Gasteiger charge is 2.24. The van der Waals surface area contributed by atoms with Gasteiger partial charge in [0.25, 0.3) is 0 Å². The van der Waals surface area contributed by atoms with Crippen LogP contribution in [0.5, 0.6) is 0 Å². The molecule has 0 radical (unpaired) electrons. The van der Waals surface area contributed by atoms with Crippen LogP contribution in [0.25, 0.3) is 0 Å². The Morgan fingerprint density at radius 1 is 0.676 bits per heavy atom. The highest BCUT2D eigenvalue weighted by Crippen LogP contribution is 2.23. The van der Waals surface area contributed by atoms with Gasteiger partial charge < -0.3 is 30.3 Å². The fourth-order valence-electron chi connectivity index (χ4n) is 2.40. The molecule has 0 spiro atoms. The quantitative estimate of drug-likeness (QED) is 0.235. The van der Waals surface area contributed by atoms with Crippen LogP contribution in [0.1, 0.15) is 11.1 Å². The average Bonchev–Trinajstić information content (AvgIpc) is 2.83. The first kappa shape index (κ1) is 26.9. The Morgan fingerprint density at radius 3 is 1.35 bits per heavy atom. The van der Waals surface area contributed by atoms with Gasteiger partial charge in [0.15, 0.2) is 0 Å². The fourth-order valence-corrected chi connectivity index (χ4v) is 4.71. The Labute approximate surface area is 203 Å². The van der Waals surface area contributed by atoms with Crippen LogP contribution in [0.4, 0.5) is 9.59 Å². The summed E-state index contributed by atoms with van der Waals surface area (Å²) in [6.07, 6.45) is -1.76. The lowest BCUT2D eigenvalue weighted by Crippen LogP contribution is -2.43. The molecule has 182 valence electrons. The van der Waals surface area contributed by atoms with Gasteiger partial charge in [0, 0.05) is 11.5 Å². The number of carbonyl (C=O) groups is 4. The van der Waals surface area contributed by atoms with Gasteiger partial charge in [-0.15, -0.1) is 0 Å². The standard InChI is InChI=1S/C22H24N2O8S2/c25-19(26)17(23-21(29)31-11-15-7-3-1-4-8-15)13-33-34-14-18(20(27)28)24-22(30)32-12-16-9-5-2-6-10-16/h1-10,17-18H,11-14H2,(H,23,29)(H,24,30)(H,25,26)(H,27,28)/t17-,18+. The smallest absolute Gasteiger partial charge is 0.408 e. The van der Waals surface area contributed by atoms with E-state index in [1.54, 1.807) is 48.5 Å². The number of carboxylic acids is 2. The van der Waals surface area contributed by atoms with E-state index in [9.17, 15) is 29.4 Å². The van der Waals surface area contributed by atoms with Crippen molar-refractivity contribution < 1.29 is 38.9 Å². The molecule has 0 aliphatic rings. The van der Waals surface area contributed by atoms with E-state index in [-0.39, 0.29) is 24.7 Å². The SMILES string of the molecule is O=C(N[C@@H](CSSC[C@@H](NC(=O)OCc1ccccc1)C(=O)O)C(=O)O)OCc1ccccc1. The monoisotopic (exact) mass is 508 g/mol. The van der Waals surface area contributed by atoms with Gasteiger partial charge in [0.05, 0.1) is 0 Å². The minimum atomic E-state index is -1.26. The van der Waals surface area contributed by atoms with Crippen molar-refractivity contribution in [2.45, 2.75) is 25.3 Å². The maximum absolute atomic E-state index is 11.9. The molecule has 2 aromatic rings. The zero-order valence-corrected chi connectivity index (χ0v) is 19.6. The summed E-state index contributed by atoms with van der Waals surface area (Å²) in [4.78, 5) is 46.6. The third-order valence-corrected chi connectivity index (χ3v) is 6.58. The van der Waals surface area contributed by atoms with Gasteiger partial charge in [-0.3, -0.25) is 0 Å². The van der Waals surface area contributed by atoms with Crippen LogP contribution in [0.2, 0.25) is 0 Å². The van der Waals surface area contributed by atoms with Gasteiger partial charge in [-0.2, -0.15) is 0 Å². The number of benzene rings is 2. The number of amides is 2. The summed E-state index contributed by atoms with van der Waals surface area (Å²) in [6, 6.07) is 15.3. The van der Waals surface area contributed by atoms with E-state index in [1.807, 2.05) is 12.1 Å². The summed E-state index contributed by atoms with van der Waals surface area (Å²) < 4.78 is 10.0. The summed E-state index contributed by atoms with van der Waals surface area (Å²) >= 11 is 0. The van der Waals surface area contributed by atoms with Crippen LogP contribution in [0.3, 0.4) is 0 Å². The molecule has 4 N–H and O–H groups in total. The summed E-state index contributed by atoms with van der Waals surface area (Å²) in [6.45, 7) is -0.0134. The Kier molecular flexibility index (Phi) is 11.6. The summed E-state index contributed by atoms with van der Waals surface area (Å²) in [5.74, 6) is -2.62. The number of hydrogen-bond donors (Lipinski definition) is 4. The van der Waals surface area contributed by atoms with E-state index in [0.29, 0.717) is 0 Å². The molecule has 0 saturated carbocycles. The van der Waals surface area contributed by atoms with Crippen molar-refractivity contribution in [3.05, 3.63) is 71.8 Å². The molecule has 0 unspecified atom stereocenters. The van der Waals surface area contributed by atoms with Crippen molar-refractivity contribution in [2.75, 3.05) is 11.5 Å². The normalized spacial score (nSPS) is 12.1. The van der Waals surface area contributed by atoms with Gasteiger partial charge in [-0.05, 0) is 11.1 Å². The topological polar surface area (TPSA) is 151 Å². The van der Waals surface area contributed by atoms with Crippen LogP contribution in [-0.2, 0) is 32.3 Å². The molecule has 12 heteroatoms. The van der Waals surface area contributed by atoms with Gasteiger partial charge >= 0.3 is 24.1 Å². The zero-order chi connectivity index (χ0) is 24.8. The molecule has 2 rings (SSSR count). The first-order chi connectivity index (χ1) is 16.3. The number of rotatable bonds is 13. The number of alkyl carbamates (subject to hydrolysis) is 2. The second-order valence-electron chi connectivity index (χ2n) is 6.76. The van der Waals surface area contributed by atoms with Crippen LogP contribution in [-0.4, -0.2) is 57.9 Å². The molecular formula is C22H24N2O8S2. The van der Waals surface area contributed by atoms with Crippen molar-refractivity contribution in [3.8, 4) is 0 Å². The highest BCUT2D eigenvalue weighted by molar-refractivity contribution is 8.76. The lowest BCUT2D eigenvalue weighted by molar-refractivity contribution is -0.139. The van der Waals surface area contributed by atoms with Gasteiger partial charge in [0.2, 0.25) is 0 Å². The van der Waals surface area contributed by atoms with E-state index < -0.39 is 36.2 Å². The molecule has 0 bridgehead atoms. The largest absolute Gasteiger partial charge is 0.480 e. The minimum Gasteiger partial charge on any atom is -0.480 e. The summed E-state index contributed by atoms with van der Waals surface area (Å²) in [7, 11) is 2.08. The van der Waals surface area contributed by atoms with Gasteiger partial charge in [0.1, 0.15) is 25.3 Å². The van der Waals surface area contributed by atoms with E-state index in [2.05, 4.69) is 10.6 Å². The van der Waals surface area contributed by atoms with E-state index in [0.717, 1.165) is 32.7 Å². The molecule has 2 aromatic carbocycles. The Bertz CT molecular complexity index is 869. The van der Waals surface area contributed by atoms with Gasteiger partial charge in [-0.1, -0.05) is 82.3 Å². The zero-order valence-electron chi connectivity index (χ0n) is 17.9. The third-order valence-electron chi connectivity index (χ3n) is 4.16. The maximum Gasteiger partial charge on any atom is 0.408 e. The predicted octanol–water partition coefficient (Wildman–Crippen LogP) is 3.13. The number of aliphatic carboxylic acids is 2. The first-order valence-electron chi connectivity index (χ1n) is 9.99. The molecule has 2 amide bonds. The minimum absolute atomic E-state index is 0.00671. The van der Waals surface area contributed by atoms with Gasteiger partial charge in [-0.25, -0.2) is 19.2 Å². The van der Waals surface area contributed by atoms with Crippen molar-refractivity contribution in [2.24, 2.45) is 0 Å². The molecule has 0 aromatic heterocycles. The molecule has 0 heterocycles. The van der Waals surface area contributed by atoms with Crippen LogP contribution >= 0.6 is 21.6 Å². The lowest BCUT2D eigenvalue weighted by atomic mass is 10.2. The molecule has 2 atom stereocenters. The Hall–Kier alpha value is -3.38. The second kappa shape index (κ2) is 14.7. The van der Waals surface area contributed by atoms with Crippen LogP contribution < -0.4 is 10.6 Å². The third kappa shape index (κ3) is 10.5. The Morgan fingerprint density at radius 2 is 1.03 bits per heavy atom. The molecular weight excluding hydrogens is 484 g/mol. The van der Waals surface area contributed by atoms with Crippen molar-refractivity contribution in [1.29, 1.82) is 0 Å². The van der Waals surface area contributed by atoms with Crippen LogP contribution in [0.15, 0.2) is 60.7 Å². The number of nitrogens with one attached hydrogen (secondary N) is 2. The molecule has 0 aliphatic heterocycles. The first-order valence-corrected chi connectivity index (χ1v) is 12.5. The van der Waals surface area contributed by atoms with E-state index >= 15 is 0 Å². The number of hydrogen-bond acceptors (Lipinski definition) is 8. The molecule has 0 saturated heterocycles. The van der Waals surface area contributed by atoms with Crippen molar-refractivity contribution in [3.63, 3.8) is 0 Å². The highest BCUT2D eigenvalue weighted by atomic mass is 33.1. The number of carboxylic acid groups (broad SMARTS) is 2. The maximum atomic E-state index is 11.9. The predicted molar refractivity (Wildman–Crippen MR) is 127 cm³/mol. The molecule has 0 fully saturated rings. The lowest BCUT2D eigenvalue weighted by Gasteiger charge is -2.16.